The van der Waals surface area contributed by atoms with E-state index in [1.165, 1.54) is 6.07 Å². The van der Waals surface area contributed by atoms with Crippen LogP contribution in [0.5, 0.6) is 0 Å². The van der Waals surface area contributed by atoms with Crippen LogP contribution in [0.1, 0.15) is 36.8 Å². The molecule has 1 aromatic carbocycles. The maximum absolute atomic E-state index is 13.3. The summed E-state index contributed by atoms with van der Waals surface area (Å²) in [6.07, 6.45) is -11.3. The first-order valence-electron chi connectivity index (χ1n) is 8.78. The molecule has 0 saturated heterocycles. The highest BCUT2D eigenvalue weighted by Gasteiger charge is 2.38. The van der Waals surface area contributed by atoms with E-state index in [0.717, 1.165) is 6.07 Å². The normalized spacial score (nSPS) is 14.6. The van der Waals surface area contributed by atoms with E-state index in [-0.39, 0.29) is 17.5 Å². The van der Waals surface area contributed by atoms with Crippen LogP contribution in [0.4, 0.5) is 26.3 Å². The number of para-hydroxylation sites is 1. The molecule has 0 radical (unpaired) electrons. The van der Waals surface area contributed by atoms with Crippen molar-refractivity contribution in [1.82, 2.24) is 15.2 Å². The highest BCUT2D eigenvalue weighted by atomic mass is 19.4. The van der Waals surface area contributed by atoms with E-state index < -0.39 is 40.8 Å². The first-order valence-corrected chi connectivity index (χ1v) is 8.78. The summed E-state index contributed by atoms with van der Waals surface area (Å²) in [6, 6.07) is 3.58. The lowest BCUT2D eigenvalue weighted by Crippen LogP contribution is -2.48. The first kappa shape index (κ1) is 23.4. The van der Waals surface area contributed by atoms with Crippen LogP contribution in [0.3, 0.4) is 0 Å². The second kappa shape index (κ2) is 8.08. The Bertz CT molecular complexity index is 861. The molecule has 162 valence electrons. The van der Waals surface area contributed by atoms with Crippen molar-refractivity contribution in [2.24, 2.45) is 0 Å². The Morgan fingerprint density at radius 3 is 2.21 bits per heavy atom. The number of aliphatic hydroxyl groups excluding tert-OH is 1. The molecule has 2 N–H and O–H groups in total. The molecule has 0 amide bonds. The number of rotatable bonds is 6. The number of benzene rings is 1. The lowest BCUT2D eigenvalue weighted by Gasteiger charge is -2.31. The zero-order chi connectivity index (χ0) is 22.2. The molecule has 1 atom stereocenters. The second-order valence-electron chi connectivity index (χ2n) is 7.81. The molecular weight excluding hydrogens is 400 g/mol. The Labute approximate surface area is 164 Å². The number of likely N-dealkylation sites (N-methyl/N-ethyl adjacent to an activating group) is 1. The van der Waals surface area contributed by atoms with Gasteiger partial charge >= 0.3 is 12.4 Å². The van der Waals surface area contributed by atoms with Gasteiger partial charge in [-0.3, -0.25) is 0 Å². The minimum Gasteiger partial charge on any atom is -0.387 e. The van der Waals surface area contributed by atoms with Gasteiger partial charge in [-0.1, -0.05) is 12.1 Å². The second-order valence-corrected chi connectivity index (χ2v) is 7.81. The summed E-state index contributed by atoms with van der Waals surface area (Å²) < 4.78 is 79.7. The fourth-order valence-electron chi connectivity index (χ4n) is 3.25. The highest BCUT2D eigenvalue weighted by Crippen LogP contribution is 2.38. The number of nitrogens with one attached hydrogen (secondary N) is 1. The van der Waals surface area contributed by atoms with Gasteiger partial charge in [0.15, 0.2) is 0 Å². The van der Waals surface area contributed by atoms with Gasteiger partial charge in [0.1, 0.15) is 5.69 Å². The van der Waals surface area contributed by atoms with E-state index in [4.69, 9.17) is 0 Å². The molecule has 0 spiro atoms. The number of nitrogens with zero attached hydrogens (tertiary/aromatic N) is 2. The number of hydrogen-bond acceptors (Lipinski definition) is 4. The summed E-state index contributed by atoms with van der Waals surface area (Å²) in [5.41, 5.74) is -4.35. The Kier molecular flexibility index (Phi) is 6.51. The predicted octanol–water partition coefficient (Wildman–Crippen LogP) is 4.24. The highest BCUT2D eigenvalue weighted by molar-refractivity contribution is 5.86. The number of hydrogen-bond donors (Lipinski definition) is 2. The molecule has 0 aliphatic rings. The van der Waals surface area contributed by atoms with Crippen LogP contribution in [0.2, 0.25) is 0 Å². The van der Waals surface area contributed by atoms with E-state index in [1.807, 2.05) is 32.8 Å². The number of pyridine rings is 1. The molecule has 2 aromatic rings. The summed E-state index contributed by atoms with van der Waals surface area (Å²) in [7, 11) is 3.68. The lowest BCUT2D eigenvalue weighted by atomic mass is 9.98. The van der Waals surface area contributed by atoms with Gasteiger partial charge in [-0.2, -0.15) is 26.3 Å². The van der Waals surface area contributed by atoms with Crippen LogP contribution in [-0.4, -0.2) is 47.7 Å². The number of aromatic nitrogens is 1. The van der Waals surface area contributed by atoms with Gasteiger partial charge in [0.25, 0.3) is 0 Å². The van der Waals surface area contributed by atoms with Gasteiger partial charge in [-0.15, -0.1) is 0 Å². The summed E-state index contributed by atoms with van der Waals surface area (Å²) in [5, 5.41) is 13.4. The van der Waals surface area contributed by atoms with Gasteiger partial charge in [-0.05, 0) is 45.6 Å². The third-order valence-electron chi connectivity index (χ3n) is 4.31. The van der Waals surface area contributed by atoms with Crippen molar-refractivity contribution in [1.29, 1.82) is 0 Å². The van der Waals surface area contributed by atoms with E-state index in [0.29, 0.717) is 18.7 Å². The van der Waals surface area contributed by atoms with Crippen LogP contribution >= 0.6 is 0 Å². The predicted molar refractivity (Wildman–Crippen MR) is 97.3 cm³/mol. The molecule has 1 unspecified atom stereocenters. The van der Waals surface area contributed by atoms with Gasteiger partial charge < -0.3 is 15.3 Å². The molecule has 2 rings (SSSR count). The standard InChI is InChI=1S/C19H23F6N3O/c1-17(2,10-28(3)4)26-9-14(29)12-8-15(19(23,24)25)27-16-11(12)6-5-7-13(16)18(20,21)22/h5-8,14,26,29H,9-10H2,1-4H3. The van der Waals surface area contributed by atoms with Gasteiger partial charge in [0.05, 0.1) is 17.2 Å². The lowest BCUT2D eigenvalue weighted by molar-refractivity contribution is -0.142. The fraction of sp³-hybridized carbons (Fsp3) is 0.526. The largest absolute Gasteiger partial charge is 0.433 e. The summed E-state index contributed by atoms with van der Waals surface area (Å²) in [6.45, 7) is 4.11. The molecule has 10 heteroatoms. The molecule has 0 aliphatic carbocycles. The maximum atomic E-state index is 13.3. The van der Waals surface area contributed by atoms with Gasteiger partial charge in [0, 0.05) is 24.0 Å². The number of aliphatic hydroxyl groups is 1. The Balaban J connectivity index is 2.54. The van der Waals surface area contributed by atoms with Crippen molar-refractivity contribution in [3.05, 3.63) is 41.1 Å². The van der Waals surface area contributed by atoms with Crippen LogP contribution in [-0.2, 0) is 12.4 Å². The van der Waals surface area contributed by atoms with Crippen LogP contribution < -0.4 is 5.32 Å². The minimum atomic E-state index is -4.96. The summed E-state index contributed by atoms with van der Waals surface area (Å²) >= 11 is 0. The number of β-amino-alcohol motifs (C(OH)–C–C–N with tert-alkyl or cyclic N) is 1. The molecule has 0 aliphatic heterocycles. The zero-order valence-electron chi connectivity index (χ0n) is 16.4. The monoisotopic (exact) mass is 423 g/mol. The van der Waals surface area contributed by atoms with Crippen LogP contribution in [0, 0.1) is 0 Å². The molecule has 1 heterocycles. The SMILES string of the molecule is CN(C)CC(C)(C)NCC(O)c1cc(C(F)(F)F)nc2c(C(F)(F)F)cccc12. The smallest absolute Gasteiger partial charge is 0.387 e. The van der Waals surface area contributed by atoms with Crippen molar-refractivity contribution in [2.45, 2.75) is 37.8 Å². The number of alkyl halides is 6. The van der Waals surface area contributed by atoms with Crippen molar-refractivity contribution < 1.29 is 31.4 Å². The summed E-state index contributed by atoms with van der Waals surface area (Å²) in [4.78, 5) is 5.11. The number of fused-ring (bicyclic) bond motifs is 1. The van der Waals surface area contributed by atoms with Crippen molar-refractivity contribution in [3.63, 3.8) is 0 Å². The fourth-order valence-corrected chi connectivity index (χ4v) is 3.25. The van der Waals surface area contributed by atoms with E-state index >= 15 is 0 Å². The third kappa shape index (κ3) is 5.80. The van der Waals surface area contributed by atoms with Crippen molar-refractivity contribution in [3.8, 4) is 0 Å². The van der Waals surface area contributed by atoms with E-state index in [1.54, 1.807) is 0 Å². The molecule has 4 nitrogen and oxygen atoms in total. The van der Waals surface area contributed by atoms with Crippen LogP contribution in [0.15, 0.2) is 24.3 Å². The third-order valence-corrected chi connectivity index (χ3v) is 4.31. The quantitative estimate of drug-likeness (QED) is 0.683. The minimum absolute atomic E-state index is 0.145. The molecule has 29 heavy (non-hydrogen) atoms. The van der Waals surface area contributed by atoms with Gasteiger partial charge in [-0.25, -0.2) is 4.98 Å². The maximum Gasteiger partial charge on any atom is 0.433 e. The topological polar surface area (TPSA) is 48.4 Å². The summed E-state index contributed by atoms with van der Waals surface area (Å²) in [5.74, 6) is 0. The van der Waals surface area contributed by atoms with E-state index in [2.05, 4.69) is 10.3 Å². The molecule has 1 aromatic heterocycles. The Hall–Kier alpha value is -1.91. The molecule has 0 fully saturated rings. The Morgan fingerprint density at radius 1 is 1.07 bits per heavy atom. The average molecular weight is 423 g/mol. The van der Waals surface area contributed by atoms with Crippen molar-refractivity contribution >= 4 is 10.9 Å². The molecule has 0 bridgehead atoms. The first-order chi connectivity index (χ1) is 13.1. The Morgan fingerprint density at radius 2 is 1.69 bits per heavy atom. The van der Waals surface area contributed by atoms with Crippen LogP contribution in [0.25, 0.3) is 10.9 Å². The average Bonchev–Trinajstić information content (AvgIpc) is 2.55. The van der Waals surface area contributed by atoms with Crippen molar-refractivity contribution in [2.75, 3.05) is 27.2 Å². The zero-order valence-corrected chi connectivity index (χ0v) is 16.4. The molecular formula is C19H23F6N3O. The number of halogens is 6. The van der Waals surface area contributed by atoms with Gasteiger partial charge in [0.2, 0.25) is 0 Å². The van der Waals surface area contributed by atoms with E-state index in [9.17, 15) is 31.4 Å². The molecule has 0 saturated carbocycles.